The van der Waals surface area contributed by atoms with E-state index in [1.807, 2.05) is 6.08 Å². The summed E-state index contributed by atoms with van der Waals surface area (Å²) in [6.45, 7) is 4.48. The Kier molecular flexibility index (Phi) is 3.16. The van der Waals surface area contributed by atoms with Crippen LogP contribution < -0.4 is 0 Å². The summed E-state index contributed by atoms with van der Waals surface area (Å²) in [5.41, 5.74) is 1.20. The second-order valence-corrected chi connectivity index (χ2v) is 8.70. The lowest BCUT2D eigenvalue weighted by Crippen LogP contribution is -2.54. The molecule has 2 N–H and O–H groups in total. The first-order valence-electron chi connectivity index (χ1n) is 8.97. The Morgan fingerprint density at radius 3 is 2.50 bits per heavy atom. The summed E-state index contributed by atoms with van der Waals surface area (Å²) in [4.78, 5) is 12.4. The molecule has 0 spiro atoms. The first-order chi connectivity index (χ1) is 10.4. The van der Waals surface area contributed by atoms with Crippen LogP contribution in [-0.4, -0.2) is 28.2 Å². The van der Waals surface area contributed by atoms with Gasteiger partial charge in [0.05, 0.1) is 12.2 Å². The van der Waals surface area contributed by atoms with Crippen LogP contribution in [0.15, 0.2) is 11.6 Å². The van der Waals surface area contributed by atoms with Crippen molar-refractivity contribution in [3.05, 3.63) is 11.6 Å². The molecular formula is C19H28O3. The van der Waals surface area contributed by atoms with E-state index in [0.717, 1.165) is 38.5 Å². The van der Waals surface area contributed by atoms with Crippen LogP contribution in [-0.2, 0) is 4.79 Å². The van der Waals surface area contributed by atoms with Crippen LogP contribution in [0.3, 0.4) is 0 Å². The highest BCUT2D eigenvalue weighted by Gasteiger charge is 2.60. The number of Topliss-reactive ketones (excluding diaryl/α,β-unsaturated/α-hetero) is 1. The number of fused-ring (bicyclic) bond motifs is 5. The maximum Gasteiger partial charge on any atom is 0.139 e. The zero-order valence-electron chi connectivity index (χ0n) is 13.7. The van der Waals surface area contributed by atoms with Crippen LogP contribution in [0.1, 0.15) is 58.8 Å². The van der Waals surface area contributed by atoms with E-state index in [9.17, 15) is 15.0 Å². The van der Waals surface area contributed by atoms with Crippen molar-refractivity contribution >= 4 is 5.78 Å². The maximum atomic E-state index is 12.4. The molecule has 3 nitrogen and oxygen atoms in total. The zero-order chi connectivity index (χ0) is 15.7. The van der Waals surface area contributed by atoms with Crippen LogP contribution in [0.2, 0.25) is 0 Å². The molecule has 22 heavy (non-hydrogen) atoms. The molecule has 0 aliphatic heterocycles. The Bertz CT molecular complexity index is 539. The van der Waals surface area contributed by atoms with E-state index < -0.39 is 6.10 Å². The van der Waals surface area contributed by atoms with Gasteiger partial charge in [-0.2, -0.15) is 0 Å². The molecule has 0 aromatic rings. The van der Waals surface area contributed by atoms with Crippen LogP contribution in [0.25, 0.3) is 0 Å². The lowest BCUT2D eigenvalue weighted by atomic mass is 9.47. The smallest absolute Gasteiger partial charge is 0.139 e. The highest BCUT2D eigenvalue weighted by atomic mass is 16.3. The summed E-state index contributed by atoms with van der Waals surface area (Å²) < 4.78 is 0. The molecule has 0 saturated heterocycles. The van der Waals surface area contributed by atoms with E-state index in [1.165, 1.54) is 5.57 Å². The van der Waals surface area contributed by atoms with E-state index in [-0.39, 0.29) is 22.9 Å². The van der Waals surface area contributed by atoms with Crippen LogP contribution >= 0.6 is 0 Å². The Morgan fingerprint density at radius 2 is 1.73 bits per heavy atom. The first-order valence-corrected chi connectivity index (χ1v) is 8.97. The Morgan fingerprint density at radius 1 is 1.05 bits per heavy atom. The van der Waals surface area contributed by atoms with Gasteiger partial charge < -0.3 is 10.2 Å². The summed E-state index contributed by atoms with van der Waals surface area (Å²) in [6.07, 6.45) is 7.65. The number of hydrogen-bond acceptors (Lipinski definition) is 3. The largest absolute Gasteiger partial charge is 0.393 e. The third-order valence-electron chi connectivity index (χ3n) is 7.81. The van der Waals surface area contributed by atoms with E-state index in [1.54, 1.807) is 0 Å². The van der Waals surface area contributed by atoms with Gasteiger partial charge in [-0.1, -0.05) is 25.5 Å². The molecule has 0 amide bonds. The van der Waals surface area contributed by atoms with Gasteiger partial charge in [-0.15, -0.1) is 0 Å². The quantitative estimate of drug-likeness (QED) is 0.677. The summed E-state index contributed by atoms with van der Waals surface area (Å²) in [5, 5.41) is 20.8. The van der Waals surface area contributed by atoms with Gasteiger partial charge in [0.1, 0.15) is 5.78 Å². The topological polar surface area (TPSA) is 57.5 Å². The summed E-state index contributed by atoms with van der Waals surface area (Å²) in [6, 6.07) is 0. The minimum absolute atomic E-state index is 0.121. The Balaban J connectivity index is 1.75. The van der Waals surface area contributed by atoms with Gasteiger partial charge in [0.15, 0.2) is 0 Å². The molecule has 4 rings (SSSR count). The highest BCUT2D eigenvalue weighted by Crippen LogP contribution is 2.63. The Labute approximate surface area is 132 Å². The molecule has 0 heterocycles. The van der Waals surface area contributed by atoms with E-state index >= 15 is 0 Å². The minimum atomic E-state index is -0.436. The number of aliphatic hydroxyl groups excluding tert-OH is 2. The van der Waals surface area contributed by atoms with Gasteiger partial charge in [0.25, 0.3) is 0 Å². The molecule has 3 fully saturated rings. The van der Waals surface area contributed by atoms with Crippen molar-refractivity contribution in [2.45, 2.75) is 71.0 Å². The molecule has 0 unspecified atom stereocenters. The number of carbonyl (C=O) groups is 1. The zero-order valence-corrected chi connectivity index (χ0v) is 13.7. The van der Waals surface area contributed by atoms with E-state index in [0.29, 0.717) is 24.0 Å². The van der Waals surface area contributed by atoms with Crippen molar-refractivity contribution in [1.82, 2.24) is 0 Å². The van der Waals surface area contributed by atoms with Crippen LogP contribution in [0.5, 0.6) is 0 Å². The third kappa shape index (κ3) is 1.78. The molecule has 3 saturated carbocycles. The number of rotatable bonds is 0. The summed E-state index contributed by atoms with van der Waals surface area (Å²) >= 11 is 0. The number of ketones is 1. The molecule has 4 aliphatic rings. The lowest BCUT2D eigenvalue weighted by Gasteiger charge is -2.58. The molecular weight excluding hydrogens is 276 g/mol. The Hall–Kier alpha value is -0.670. The lowest BCUT2D eigenvalue weighted by molar-refractivity contribution is -0.135. The standard InChI is InChI=1S/C19H28O3/c1-18-7-5-12(20)9-11(18)10-15(21)17-13-3-4-16(22)19(13,2)8-6-14(17)18/h10,12-15,17,20-21H,3-9H2,1-2H3/t12-,13-,14-,15+,17-,18-,19-/m1/s1. The fourth-order valence-corrected chi connectivity index (χ4v) is 6.40. The molecule has 0 bridgehead atoms. The fourth-order valence-electron chi connectivity index (χ4n) is 6.40. The molecule has 7 atom stereocenters. The van der Waals surface area contributed by atoms with Crippen molar-refractivity contribution in [1.29, 1.82) is 0 Å². The SMILES string of the molecule is C[C@@]12CC[C@@H]3[C@@H]([C@H]1CCC2=O)[C@@H](O)C=C1C[C@H](O)CC[C@]13C. The van der Waals surface area contributed by atoms with Crippen molar-refractivity contribution in [2.75, 3.05) is 0 Å². The molecule has 0 radical (unpaired) electrons. The summed E-state index contributed by atoms with van der Waals surface area (Å²) in [7, 11) is 0. The second kappa shape index (κ2) is 4.67. The van der Waals surface area contributed by atoms with Gasteiger partial charge in [0.2, 0.25) is 0 Å². The molecule has 4 aliphatic carbocycles. The van der Waals surface area contributed by atoms with Crippen molar-refractivity contribution in [2.24, 2.45) is 28.6 Å². The third-order valence-corrected chi connectivity index (χ3v) is 7.81. The molecule has 3 heteroatoms. The van der Waals surface area contributed by atoms with Gasteiger partial charge in [-0.05, 0) is 61.7 Å². The van der Waals surface area contributed by atoms with Crippen molar-refractivity contribution < 1.29 is 15.0 Å². The average Bonchev–Trinajstić information content (AvgIpc) is 2.77. The minimum Gasteiger partial charge on any atom is -0.393 e. The van der Waals surface area contributed by atoms with Gasteiger partial charge in [-0.25, -0.2) is 0 Å². The van der Waals surface area contributed by atoms with Crippen molar-refractivity contribution in [3.8, 4) is 0 Å². The van der Waals surface area contributed by atoms with Crippen LogP contribution in [0.4, 0.5) is 0 Å². The molecule has 0 aromatic heterocycles. The number of hydrogen-bond donors (Lipinski definition) is 2. The first kappa shape index (κ1) is 14.9. The maximum absolute atomic E-state index is 12.4. The number of carbonyl (C=O) groups excluding carboxylic acids is 1. The van der Waals surface area contributed by atoms with E-state index in [2.05, 4.69) is 13.8 Å². The van der Waals surface area contributed by atoms with Crippen molar-refractivity contribution in [3.63, 3.8) is 0 Å². The van der Waals surface area contributed by atoms with Gasteiger partial charge >= 0.3 is 0 Å². The fraction of sp³-hybridized carbons (Fsp3) is 0.842. The number of aliphatic hydroxyl groups is 2. The highest BCUT2D eigenvalue weighted by molar-refractivity contribution is 5.87. The van der Waals surface area contributed by atoms with Crippen LogP contribution in [0, 0.1) is 28.6 Å². The normalized spacial score (nSPS) is 54.3. The van der Waals surface area contributed by atoms with Gasteiger partial charge in [0, 0.05) is 11.8 Å². The second-order valence-electron chi connectivity index (χ2n) is 8.70. The predicted molar refractivity (Wildman–Crippen MR) is 84.1 cm³/mol. The molecule has 122 valence electrons. The summed E-state index contributed by atoms with van der Waals surface area (Å²) in [5.74, 6) is 1.46. The predicted octanol–water partition coefficient (Wildman–Crippen LogP) is 2.85. The molecule has 0 aromatic carbocycles. The monoisotopic (exact) mass is 304 g/mol. The van der Waals surface area contributed by atoms with Gasteiger partial charge in [-0.3, -0.25) is 4.79 Å². The average molecular weight is 304 g/mol. The van der Waals surface area contributed by atoms with E-state index in [4.69, 9.17) is 0 Å².